The number of nitrogens with zero attached hydrogens (tertiary/aromatic N) is 5. The first-order chi connectivity index (χ1) is 13.7. The molecule has 7 nitrogen and oxygen atoms in total. The Labute approximate surface area is 185 Å². The minimum absolute atomic E-state index is 0.0864. The van der Waals surface area contributed by atoms with Crippen LogP contribution in [0.4, 0.5) is 10.1 Å². The molecule has 160 valence electrons. The van der Waals surface area contributed by atoms with Crippen molar-refractivity contribution in [3.63, 3.8) is 0 Å². The van der Waals surface area contributed by atoms with E-state index in [1.165, 1.54) is 24.5 Å². The van der Waals surface area contributed by atoms with Crippen LogP contribution in [-0.4, -0.2) is 29.7 Å². The van der Waals surface area contributed by atoms with Crippen molar-refractivity contribution in [1.82, 2.24) is 19.1 Å². The SMILES string of the molecule is CC.CC.Cc1cn(CC(C)(C)F)c2cc(-c3nn(PI)cc3[N+](=O)[O-])ncc12. The van der Waals surface area contributed by atoms with E-state index >= 15 is 0 Å². The molecule has 0 spiro atoms. The maximum absolute atomic E-state index is 14.1. The minimum Gasteiger partial charge on any atom is -0.344 e. The molecule has 0 aromatic carbocycles. The third-order valence-corrected chi connectivity index (χ3v) is 5.62. The molecule has 0 aliphatic carbocycles. The van der Waals surface area contributed by atoms with Gasteiger partial charge in [-0.25, -0.2) is 8.84 Å². The highest BCUT2D eigenvalue weighted by Gasteiger charge is 2.24. The Balaban J connectivity index is 0.000000989. The van der Waals surface area contributed by atoms with Gasteiger partial charge >= 0.3 is 5.69 Å². The van der Waals surface area contributed by atoms with E-state index in [0.29, 0.717) is 5.69 Å². The molecule has 0 N–H and O–H groups in total. The Morgan fingerprint density at radius 3 is 2.41 bits per heavy atom. The van der Waals surface area contributed by atoms with Gasteiger partial charge in [-0.15, -0.1) is 0 Å². The summed E-state index contributed by atoms with van der Waals surface area (Å²) in [6.45, 7) is 13.2. The highest BCUT2D eigenvalue weighted by Crippen LogP contribution is 2.34. The number of hydrogen-bond acceptors (Lipinski definition) is 4. The standard InChI is InChI=1S/C15H16FIN5O2P.2C2H6/c1-9-6-20(8-15(2,3)16)12-4-11(18-5-10(9)12)14-13(22(23)24)7-21(19-14)25-17;2*1-2/h4-7,25H,8H2,1-3H3;2*1-2H3. The molecule has 3 rings (SSSR count). The molecule has 1 unspecified atom stereocenters. The van der Waals surface area contributed by atoms with Crippen molar-refractivity contribution in [3.8, 4) is 11.4 Å². The van der Waals surface area contributed by atoms with Gasteiger partial charge in [0.2, 0.25) is 0 Å². The molecule has 3 aromatic rings. The number of rotatable bonds is 5. The number of hydrogen-bond donors (Lipinski definition) is 0. The van der Waals surface area contributed by atoms with Crippen LogP contribution in [0.25, 0.3) is 22.3 Å². The first-order valence-corrected chi connectivity index (χ1v) is 13.5. The molecular formula is C19H28FIN5O2P. The summed E-state index contributed by atoms with van der Waals surface area (Å²) in [6, 6.07) is 1.74. The number of halogens is 2. The Morgan fingerprint density at radius 2 is 1.90 bits per heavy atom. The van der Waals surface area contributed by atoms with Gasteiger partial charge in [0.15, 0.2) is 5.69 Å². The predicted molar refractivity (Wildman–Crippen MR) is 128 cm³/mol. The second-order valence-corrected chi connectivity index (χ2v) is 8.47. The van der Waals surface area contributed by atoms with Crippen molar-refractivity contribution in [2.45, 2.75) is 60.7 Å². The van der Waals surface area contributed by atoms with Crippen LogP contribution < -0.4 is 0 Å². The molecule has 0 fully saturated rings. The monoisotopic (exact) mass is 535 g/mol. The molecule has 3 aromatic heterocycles. The largest absolute Gasteiger partial charge is 0.344 e. The molecule has 0 amide bonds. The highest BCUT2D eigenvalue weighted by atomic mass is 127. The van der Waals surface area contributed by atoms with Crippen LogP contribution in [0.3, 0.4) is 0 Å². The number of alkyl halides is 1. The molecule has 29 heavy (non-hydrogen) atoms. The van der Waals surface area contributed by atoms with Crippen molar-refractivity contribution >= 4 is 45.0 Å². The van der Waals surface area contributed by atoms with E-state index in [-0.39, 0.29) is 24.3 Å². The second-order valence-electron chi connectivity index (χ2n) is 6.39. The fourth-order valence-corrected chi connectivity index (χ4v) is 3.80. The first kappa shape index (κ1) is 25.4. The molecule has 10 heteroatoms. The van der Waals surface area contributed by atoms with Crippen LogP contribution in [0.1, 0.15) is 47.1 Å². The van der Waals surface area contributed by atoms with Gasteiger partial charge in [-0.3, -0.25) is 15.1 Å². The van der Waals surface area contributed by atoms with Gasteiger partial charge in [-0.1, -0.05) is 27.7 Å². The van der Waals surface area contributed by atoms with Crippen molar-refractivity contribution < 1.29 is 9.31 Å². The highest BCUT2D eigenvalue weighted by molar-refractivity contribution is 14.2. The molecule has 0 saturated carbocycles. The van der Waals surface area contributed by atoms with Crippen molar-refractivity contribution in [3.05, 3.63) is 40.3 Å². The topological polar surface area (TPSA) is 78.8 Å². The van der Waals surface area contributed by atoms with E-state index in [1.54, 1.807) is 12.3 Å². The van der Waals surface area contributed by atoms with Crippen LogP contribution in [0.2, 0.25) is 0 Å². The maximum atomic E-state index is 14.1. The summed E-state index contributed by atoms with van der Waals surface area (Å²) >= 11 is 2.10. The van der Waals surface area contributed by atoms with E-state index in [4.69, 9.17) is 0 Å². The van der Waals surface area contributed by atoms with E-state index < -0.39 is 10.6 Å². The second kappa shape index (κ2) is 11.0. The zero-order valence-electron chi connectivity index (χ0n) is 17.8. The van der Waals surface area contributed by atoms with Crippen molar-refractivity contribution in [2.75, 3.05) is 0 Å². The van der Waals surface area contributed by atoms with Crippen LogP contribution in [0.15, 0.2) is 24.7 Å². The normalized spacial score (nSPS) is 11.2. The fourth-order valence-electron chi connectivity index (χ4n) is 2.75. The first-order valence-electron chi connectivity index (χ1n) is 9.45. The number of fused-ring (bicyclic) bond motifs is 1. The average molecular weight is 535 g/mol. The number of aromatic nitrogens is 4. The summed E-state index contributed by atoms with van der Waals surface area (Å²) in [4.78, 5) is 15.2. The summed E-state index contributed by atoms with van der Waals surface area (Å²) in [5.74, 6) is 0. The molecular weight excluding hydrogens is 507 g/mol. The van der Waals surface area contributed by atoms with Crippen LogP contribution in [0, 0.1) is 17.0 Å². The molecule has 0 aliphatic rings. The minimum atomic E-state index is -1.38. The smallest absolute Gasteiger partial charge is 0.316 e. The summed E-state index contributed by atoms with van der Waals surface area (Å²) in [7, 11) is 0. The van der Waals surface area contributed by atoms with E-state index in [0.717, 1.165) is 16.5 Å². The lowest BCUT2D eigenvalue weighted by Crippen LogP contribution is -2.20. The van der Waals surface area contributed by atoms with Crippen LogP contribution >= 0.6 is 28.4 Å². The molecule has 1 atom stereocenters. The van der Waals surface area contributed by atoms with Gasteiger partial charge in [0.05, 0.1) is 29.1 Å². The Morgan fingerprint density at radius 1 is 1.28 bits per heavy atom. The lowest BCUT2D eigenvalue weighted by molar-refractivity contribution is -0.384. The van der Waals surface area contributed by atoms with Gasteiger partial charge in [0.1, 0.15) is 11.9 Å². The third-order valence-electron chi connectivity index (χ3n) is 3.73. The van der Waals surface area contributed by atoms with Crippen molar-refractivity contribution in [2.24, 2.45) is 0 Å². The fraction of sp³-hybridized carbons (Fsp3) is 0.474. The summed E-state index contributed by atoms with van der Waals surface area (Å²) in [5.41, 5.74) is 0.930. The summed E-state index contributed by atoms with van der Waals surface area (Å²) in [6.07, 6.45) is 5.19. The number of nitro groups is 1. The van der Waals surface area contributed by atoms with Crippen LogP contribution in [-0.2, 0) is 6.54 Å². The molecule has 0 aliphatic heterocycles. The molecule has 0 radical (unpaired) electrons. The zero-order chi connectivity index (χ0) is 22.4. The van der Waals surface area contributed by atoms with E-state index in [9.17, 15) is 14.5 Å². The zero-order valence-corrected chi connectivity index (χ0v) is 21.0. The lowest BCUT2D eigenvalue weighted by Gasteiger charge is -2.16. The summed E-state index contributed by atoms with van der Waals surface area (Å²) < 4.78 is 17.5. The van der Waals surface area contributed by atoms with Crippen molar-refractivity contribution in [1.29, 1.82) is 0 Å². The molecule has 0 bridgehead atoms. The van der Waals surface area contributed by atoms with Gasteiger partial charge < -0.3 is 4.57 Å². The molecule has 3 heterocycles. The lowest BCUT2D eigenvalue weighted by atomic mass is 10.1. The van der Waals surface area contributed by atoms with Gasteiger partial charge in [-0.2, -0.15) is 5.10 Å². The Kier molecular flexibility index (Phi) is 9.61. The number of pyridine rings is 1. The van der Waals surface area contributed by atoms with Gasteiger partial charge in [0.25, 0.3) is 0 Å². The Bertz CT molecular complexity index is 966. The quantitative estimate of drug-likeness (QED) is 0.158. The van der Waals surface area contributed by atoms with Crippen LogP contribution in [0.5, 0.6) is 0 Å². The third kappa shape index (κ3) is 6.18. The predicted octanol–water partition coefficient (Wildman–Crippen LogP) is 6.71. The Hall–Kier alpha value is -1.61. The number of aryl methyl sites for hydroxylation is 1. The van der Waals surface area contributed by atoms with E-state index in [2.05, 4.69) is 32.1 Å². The summed E-state index contributed by atoms with van der Waals surface area (Å²) in [5, 5.41) is 16.5. The maximum Gasteiger partial charge on any atom is 0.316 e. The molecule has 0 saturated heterocycles. The van der Waals surface area contributed by atoms with Gasteiger partial charge in [0, 0.05) is 17.8 Å². The average Bonchev–Trinajstić information content (AvgIpc) is 3.25. The van der Waals surface area contributed by atoms with E-state index in [1.807, 2.05) is 45.4 Å². The van der Waals surface area contributed by atoms with Gasteiger partial charge in [-0.05, 0) is 54.4 Å².